The van der Waals surface area contributed by atoms with E-state index in [4.69, 9.17) is 28.5 Å². The summed E-state index contributed by atoms with van der Waals surface area (Å²) in [5, 5.41) is 19.3. The van der Waals surface area contributed by atoms with Gasteiger partial charge < -0.3 is 33.6 Å². The fraction of sp³-hybridized carbons (Fsp3) is 0.472. The standard InChI is InChI=1S/C36H42O10/c1-21(2)26-14-12-23-10-8-22(9-11-23)6-5-7-29(39)43-32-30-28(46-36(3,4)33(32)45-34(26)40)15-13-24-18-27(35(41)44-31(24)30)25(16-17-37)19-42-20-38/h8-11,13,15,18,25,32-33,37-38H,5-7,12,14,16-17,19-20H2,1-4H3/t25-,32-,33+/m1/s1. The summed E-state index contributed by atoms with van der Waals surface area (Å²) in [6.45, 7) is 6.53. The number of aryl methyl sites for hydroxylation is 2. The average Bonchev–Trinajstić information content (AvgIpc) is 3.00. The van der Waals surface area contributed by atoms with Crippen molar-refractivity contribution in [1.82, 2.24) is 0 Å². The van der Waals surface area contributed by atoms with E-state index in [2.05, 4.69) is 12.1 Å². The van der Waals surface area contributed by atoms with Crippen LogP contribution in [0.25, 0.3) is 11.0 Å². The molecule has 2 N–H and O–H groups in total. The van der Waals surface area contributed by atoms with E-state index >= 15 is 0 Å². The number of fused-ring (bicyclic) bond motifs is 13. The molecule has 0 saturated heterocycles. The Hall–Kier alpha value is -3.99. The molecular weight excluding hydrogens is 592 g/mol. The van der Waals surface area contributed by atoms with Crippen molar-refractivity contribution in [3.05, 3.63) is 86.3 Å². The van der Waals surface area contributed by atoms with E-state index < -0.39 is 48.1 Å². The van der Waals surface area contributed by atoms with Crippen LogP contribution in [0.4, 0.5) is 0 Å². The van der Waals surface area contributed by atoms with Gasteiger partial charge in [0.25, 0.3) is 0 Å². The molecule has 3 aliphatic heterocycles. The lowest BCUT2D eigenvalue weighted by molar-refractivity contribution is -0.188. The van der Waals surface area contributed by atoms with Gasteiger partial charge in [0.05, 0.1) is 12.2 Å². The Kier molecular flexibility index (Phi) is 10.3. The second-order valence-electron chi connectivity index (χ2n) is 12.7. The molecule has 10 heteroatoms. The number of benzene rings is 2. The van der Waals surface area contributed by atoms with Gasteiger partial charge in [-0.25, -0.2) is 9.59 Å². The predicted octanol–water partition coefficient (Wildman–Crippen LogP) is 5.20. The number of rotatable bonds is 6. The third-order valence-corrected chi connectivity index (χ3v) is 8.75. The van der Waals surface area contributed by atoms with Gasteiger partial charge >= 0.3 is 17.6 Å². The number of hydrogen-bond donors (Lipinski definition) is 2. The number of carbonyl (C=O) groups excluding carboxylic acids is 2. The molecule has 0 radical (unpaired) electrons. The number of aliphatic hydroxyl groups is 2. The zero-order chi connectivity index (χ0) is 33.0. The van der Waals surface area contributed by atoms with Gasteiger partial charge in [-0.2, -0.15) is 0 Å². The summed E-state index contributed by atoms with van der Waals surface area (Å²) in [5.41, 5.74) is 2.46. The monoisotopic (exact) mass is 634 g/mol. The Balaban J connectivity index is 1.61. The highest BCUT2D eigenvalue weighted by atomic mass is 16.6. The lowest BCUT2D eigenvalue weighted by Crippen LogP contribution is -2.52. The summed E-state index contributed by atoms with van der Waals surface area (Å²) in [7, 11) is 0. The summed E-state index contributed by atoms with van der Waals surface area (Å²) in [6.07, 6.45) is 0.495. The molecule has 3 aromatic rings. The van der Waals surface area contributed by atoms with Gasteiger partial charge in [-0.15, -0.1) is 0 Å². The van der Waals surface area contributed by atoms with Crippen molar-refractivity contribution in [2.45, 2.75) is 89.9 Å². The van der Waals surface area contributed by atoms with Gasteiger partial charge in [0.1, 0.15) is 23.7 Å². The summed E-state index contributed by atoms with van der Waals surface area (Å²) in [6, 6.07) is 13.3. The van der Waals surface area contributed by atoms with Crippen LogP contribution in [0.2, 0.25) is 0 Å². The van der Waals surface area contributed by atoms with Crippen LogP contribution in [-0.2, 0) is 36.6 Å². The lowest BCUT2D eigenvalue weighted by atomic mass is 9.86. The third-order valence-electron chi connectivity index (χ3n) is 8.75. The highest BCUT2D eigenvalue weighted by Crippen LogP contribution is 2.47. The molecule has 0 saturated carbocycles. The maximum Gasteiger partial charge on any atom is 0.339 e. The Labute approximate surface area is 267 Å². The van der Waals surface area contributed by atoms with E-state index in [1.54, 1.807) is 32.0 Å². The molecule has 0 unspecified atom stereocenters. The van der Waals surface area contributed by atoms with Gasteiger partial charge in [0, 0.05) is 35.5 Å². The number of aliphatic hydroxyl groups excluding tert-OH is 2. The van der Waals surface area contributed by atoms with E-state index in [1.807, 2.05) is 26.0 Å². The number of carbonyl (C=O) groups is 2. The third kappa shape index (κ3) is 7.19. The molecule has 2 aromatic carbocycles. The van der Waals surface area contributed by atoms with Gasteiger partial charge in [0.2, 0.25) is 0 Å². The fourth-order valence-corrected chi connectivity index (χ4v) is 6.23. The highest BCUT2D eigenvalue weighted by Gasteiger charge is 2.50. The van der Waals surface area contributed by atoms with E-state index in [1.165, 1.54) is 0 Å². The first-order chi connectivity index (χ1) is 22.0. The highest BCUT2D eigenvalue weighted by molar-refractivity contribution is 5.90. The quantitative estimate of drug-likeness (QED) is 0.161. The zero-order valence-corrected chi connectivity index (χ0v) is 26.8. The molecule has 6 rings (SSSR count). The minimum atomic E-state index is -1.14. The van der Waals surface area contributed by atoms with Crippen molar-refractivity contribution in [3.8, 4) is 5.75 Å². The van der Waals surface area contributed by atoms with Crippen LogP contribution < -0.4 is 10.4 Å². The van der Waals surface area contributed by atoms with Crippen molar-refractivity contribution in [3.63, 3.8) is 0 Å². The first-order valence-electron chi connectivity index (χ1n) is 15.8. The van der Waals surface area contributed by atoms with E-state index in [0.29, 0.717) is 48.0 Å². The molecule has 0 amide bonds. The Morgan fingerprint density at radius 3 is 2.35 bits per heavy atom. The van der Waals surface area contributed by atoms with E-state index in [0.717, 1.165) is 16.7 Å². The number of hydrogen-bond acceptors (Lipinski definition) is 10. The molecule has 1 aromatic heterocycles. The Bertz CT molecular complexity index is 1660. The maximum absolute atomic E-state index is 13.8. The SMILES string of the molecule is CC(C)=C1CCc2ccc(cc2)CCCC(=O)O[C@@H]2c3c(ccc4cc([C@H](CCO)COCO)c(=O)oc34)OC(C)(C)[C@H]2OC1=O. The smallest absolute Gasteiger partial charge is 0.339 e. The average molecular weight is 635 g/mol. The largest absolute Gasteiger partial charge is 0.483 e. The Morgan fingerprint density at radius 2 is 1.67 bits per heavy atom. The predicted molar refractivity (Wildman–Crippen MR) is 169 cm³/mol. The van der Waals surface area contributed by atoms with Crippen LogP contribution in [0.1, 0.15) is 87.7 Å². The Morgan fingerprint density at radius 1 is 0.957 bits per heavy atom. The summed E-state index contributed by atoms with van der Waals surface area (Å²) < 4.78 is 29.8. The molecule has 0 aliphatic carbocycles. The number of allylic oxidation sites excluding steroid dienone is 1. The van der Waals surface area contributed by atoms with Crippen molar-refractivity contribution >= 4 is 22.9 Å². The van der Waals surface area contributed by atoms with Crippen molar-refractivity contribution in [2.24, 2.45) is 0 Å². The minimum Gasteiger partial charge on any atom is -0.483 e. The molecule has 0 spiro atoms. The normalized spacial score (nSPS) is 20.7. The molecule has 2 bridgehead atoms. The summed E-state index contributed by atoms with van der Waals surface area (Å²) in [5.74, 6) is -1.21. The van der Waals surface area contributed by atoms with Crippen LogP contribution in [0, 0.1) is 0 Å². The van der Waals surface area contributed by atoms with Gasteiger partial charge in [-0.05, 0) is 89.1 Å². The fourth-order valence-electron chi connectivity index (χ4n) is 6.23. The maximum atomic E-state index is 13.8. The van der Waals surface area contributed by atoms with Gasteiger partial charge in [-0.3, -0.25) is 4.79 Å². The van der Waals surface area contributed by atoms with Crippen LogP contribution in [0.3, 0.4) is 0 Å². The first-order valence-corrected chi connectivity index (χ1v) is 15.8. The van der Waals surface area contributed by atoms with Gasteiger partial charge in [0.15, 0.2) is 12.2 Å². The van der Waals surface area contributed by atoms with Crippen LogP contribution in [0.5, 0.6) is 5.75 Å². The van der Waals surface area contributed by atoms with E-state index in [9.17, 15) is 19.5 Å². The topological polar surface area (TPSA) is 142 Å². The van der Waals surface area contributed by atoms with Crippen LogP contribution in [0.15, 0.2) is 62.8 Å². The number of ether oxygens (including phenoxy) is 4. The molecule has 4 heterocycles. The second kappa shape index (κ2) is 14.2. The zero-order valence-electron chi connectivity index (χ0n) is 26.8. The molecule has 3 aliphatic rings. The molecule has 10 nitrogen and oxygen atoms in total. The van der Waals surface area contributed by atoms with Crippen molar-refractivity contribution in [2.75, 3.05) is 20.0 Å². The van der Waals surface area contributed by atoms with Gasteiger partial charge in [-0.1, -0.05) is 29.8 Å². The van der Waals surface area contributed by atoms with Crippen LogP contribution >= 0.6 is 0 Å². The molecular formula is C36H42O10. The lowest BCUT2D eigenvalue weighted by Gasteiger charge is -2.43. The summed E-state index contributed by atoms with van der Waals surface area (Å²) >= 11 is 0. The van der Waals surface area contributed by atoms with Crippen LogP contribution in [-0.4, -0.2) is 53.9 Å². The molecule has 46 heavy (non-hydrogen) atoms. The number of esters is 2. The van der Waals surface area contributed by atoms with Crippen molar-refractivity contribution < 1.29 is 43.2 Å². The van der Waals surface area contributed by atoms with E-state index in [-0.39, 0.29) is 37.2 Å². The summed E-state index contributed by atoms with van der Waals surface area (Å²) in [4.78, 5) is 40.6. The molecule has 246 valence electrons. The first kappa shape index (κ1) is 33.4. The van der Waals surface area contributed by atoms with Crippen molar-refractivity contribution in [1.29, 1.82) is 0 Å². The molecule has 3 atom stereocenters. The molecule has 0 fully saturated rings. The second-order valence-corrected chi connectivity index (χ2v) is 12.7. The minimum absolute atomic E-state index is 0.00447.